The van der Waals surface area contributed by atoms with Gasteiger partial charge in [-0.3, -0.25) is 14.9 Å². The summed E-state index contributed by atoms with van der Waals surface area (Å²) >= 11 is 17.3. The highest BCUT2D eigenvalue weighted by atomic mass is 35.6. The van der Waals surface area contributed by atoms with Gasteiger partial charge in [0.2, 0.25) is 15.9 Å². The van der Waals surface area contributed by atoms with Gasteiger partial charge in [0.1, 0.15) is 5.75 Å². The Balaban J connectivity index is 2.89. The Bertz CT molecular complexity index is 519. The molecule has 1 rings (SSSR count). The molecular formula is C12H13Cl3N2O4. The molecule has 0 aliphatic carbocycles. The number of hydrogen-bond donors (Lipinski definition) is 1. The van der Waals surface area contributed by atoms with Crippen LogP contribution in [-0.4, -0.2) is 20.9 Å². The number of nitrogens with one attached hydrogen (secondary N) is 1. The van der Waals surface area contributed by atoms with Crippen molar-refractivity contribution in [1.29, 1.82) is 0 Å². The second-order valence-electron chi connectivity index (χ2n) is 4.11. The van der Waals surface area contributed by atoms with E-state index >= 15 is 0 Å². The number of ether oxygens (including phenoxy) is 1. The molecule has 0 bridgehead atoms. The summed E-state index contributed by atoms with van der Waals surface area (Å²) in [6.07, 6.45) is -0.395. The van der Waals surface area contributed by atoms with E-state index in [0.29, 0.717) is 6.42 Å². The Kier molecular flexibility index (Phi) is 6.51. The molecule has 116 valence electrons. The van der Waals surface area contributed by atoms with Gasteiger partial charge < -0.3 is 10.1 Å². The number of hydrogen-bond acceptors (Lipinski definition) is 4. The first-order valence-electron chi connectivity index (χ1n) is 6.01. The normalized spacial score (nSPS) is 12.6. The fourth-order valence-corrected chi connectivity index (χ4v) is 1.73. The first-order valence-corrected chi connectivity index (χ1v) is 7.14. The van der Waals surface area contributed by atoms with Gasteiger partial charge in [0.15, 0.2) is 0 Å². The highest BCUT2D eigenvalue weighted by Gasteiger charge is 2.36. The average Bonchev–Trinajstić information content (AvgIpc) is 2.37. The van der Waals surface area contributed by atoms with Crippen LogP contribution < -0.4 is 10.1 Å². The molecule has 0 spiro atoms. The molecule has 1 aromatic rings. The smallest absolute Gasteiger partial charge is 0.273 e. The number of benzene rings is 1. The summed E-state index contributed by atoms with van der Waals surface area (Å²) in [7, 11) is 0. The van der Waals surface area contributed by atoms with Gasteiger partial charge in [-0.1, -0.05) is 47.8 Å². The molecule has 21 heavy (non-hydrogen) atoms. The molecule has 9 heteroatoms. The minimum absolute atomic E-state index is 0.109. The van der Waals surface area contributed by atoms with Crippen LogP contribution in [0.2, 0.25) is 0 Å². The Morgan fingerprint density at radius 2 is 2.14 bits per heavy atom. The van der Waals surface area contributed by atoms with Gasteiger partial charge in [0, 0.05) is 12.5 Å². The number of alkyl halides is 3. The van der Waals surface area contributed by atoms with Crippen molar-refractivity contribution < 1.29 is 14.5 Å². The third-order valence-electron chi connectivity index (χ3n) is 2.35. The number of rotatable bonds is 6. The van der Waals surface area contributed by atoms with Crippen LogP contribution in [0.4, 0.5) is 5.69 Å². The number of nitro groups is 1. The molecule has 1 atom stereocenters. The maximum atomic E-state index is 11.6. The summed E-state index contributed by atoms with van der Waals surface area (Å²) in [6, 6.07) is 5.36. The minimum Gasteiger partial charge on any atom is -0.466 e. The van der Waals surface area contributed by atoms with Crippen molar-refractivity contribution in [2.75, 3.05) is 0 Å². The number of carbonyl (C=O) groups is 1. The summed E-state index contributed by atoms with van der Waals surface area (Å²) < 4.78 is 3.43. The van der Waals surface area contributed by atoms with Crippen LogP contribution in [0.1, 0.15) is 19.8 Å². The molecule has 1 aromatic carbocycles. The Morgan fingerprint density at radius 3 is 2.67 bits per heavy atom. The lowest BCUT2D eigenvalue weighted by Gasteiger charge is -2.26. The minimum atomic E-state index is -1.92. The average molecular weight is 356 g/mol. The van der Waals surface area contributed by atoms with E-state index in [-0.39, 0.29) is 23.8 Å². The van der Waals surface area contributed by atoms with E-state index < -0.39 is 14.9 Å². The van der Waals surface area contributed by atoms with E-state index in [1.54, 1.807) is 0 Å². The first kappa shape index (κ1) is 17.8. The summed E-state index contributed by atoms with van der Waals surface area (Å²) in [4.78, 5) is 21.7. The molecule has 0 saturated carbocycles. The molecule has 1 unspecified atom stereocenters. The van der Waals surface area contributed by atoms with Gasteiger partial charge in [-0.15, -0.1) is 0 Å². The van der Waals surface area contributed by atoms with Crippen molar-refractivity contribution in [2.45, 2.75) is 29.8 Å². The monoisotopic (exact) mass is 354 g/mol. The summed E-state index contributed by atoms with van der Waals surface area (Å²) in [5.74, 6) is -0.239. The zero-order chi connectivity index (χ0) is 16.0. The second kappa shape index (κ2) is 7.68. The fraction of sp³-hybridized carbons (Fsp3) is 0.417. The van der Waals surface area contributed by atoms with Crippen LogP contribution in [0.15, 0.2) is 24.3 Å². The SMILES string of the molecule is CCCC(=O)NC(Oc1cccc([N+](=O)[O-])c1)C(Cl)(Cl)Cl. The maximum Gasteiger partial charge on any atom is 0.273 e. The van der Waals surface area contributed by atoms with Gasteiger partial charge in [-0.05, 0) is 12.5 Å². The molecule has 0 heterocycles. The van der Waals surface area contributed by atoms with Crippen molar-refractivity contribution >= 4 is 46.4 Å². The van der Waals surface area contributed by atoms with E-state index in [0.717, 1.165) is 0 Å². The first-order chi connectivity index (χ1) is 9.74. The highest BCUT2D eigenvalue weighted by molar-refractivity contribution is 6.68. The van der Waals surface area contributed by atoms with Crippen molar-refractivity contribution in [1.82, 2.24) is 5.32 Å². The van der Waals surface area contributed by atoms with Crippen LogP contribution in [0.25, 0.3) is 0 Å². The van der Waals surface area contributed by atoms with Crippen LogP contribution in [0.3, 0.4) is 0 Å². The molecule has 0 aliphatic heterocycles. The number of halogens is 3. The number of nitrogens with zero attached hydrogens (tertiary/aromatic N) is 1. The molecule has 6 nitrogen and oxygen atoms in total. The van der Waals surface area contributed by atoms with Gasteiger partial charge in [-0.25, -0.2) is 0 Å². The number of carbonyl (C=O) groups excluding carboxylic acids is 1. The van der Waals surface area contributed by atoms with Crippen molar-refractivity contribution in [2.24, 2.45) is 0 Å². The molecule has 0 saturated heterocycles. The fourth-order valence-electron chi connectivity index (χ4n) is 1.43. The number of nitro benzene ring substituents is 1. The zero-order valence-electron chi connectivity index (χ0n) is 11.0. The molecule has 0 radical (unpaired) electrons. The maximum absolute atomic E-state index is 11.6. The predicted octanol–water partition coefficient (Wildman–Crippen LogP) is 3.59. The topological polar surface area (TPSA) is 81.5 Å². The van der Waals surface area contributed by atoms with E-state index in [2.05, 4.69) is 5.32 Å². The lowest BCUT2D eigenvalue weighted by atomic mass is 10.3. The largest absolute Gasteiger partial charge is 0.466 e. The standard InChI is InChI=1S/C12H13Cl3N2O4/c1-2-4-10(18)16-11(12(13,14)15)21-9-6-3-5-8(7-9)17(19)20/h3,5-7,11H,2,4H2,1H3,(H,16,18). The Labute approximate surface area is 136 Å². The Hall–Kier alpha value is -1.24. The van der Waals surface area contributed by atoms with E-state index in [1.165, 1.54) is 24.3 Å². The van der Waals surface area contributed by atoms with Crippen molar-refractivity contribution in [3.63, 3.8) is 0 Å². The summed E-state index contributed by atoms with van der Waals surface area (Å²) in [6.45, 7) is 1.82. The third-order valence-corrected chi connectivity index (χ3v) is 2.94. The number of amides is 1. The second-order valence-corrected chi connectivity index (χ2v) is 6.48. The third kappa shape index (κ3) is 5.95. The molecule has 0 aromatic heterocycles. The van der Waals surface area contributed by atoms with E-state index in [9.17, 15) is 14.9 Å². The molecule has 0 fully saturated rings. The van der Waals surface area contributed by atoms with Crippen molar-refractivity contribution in [3.8, 4) is 5.75 Å². The van der Waals surface area contributed by atoms with E-state index in [4.69, 9.17) is 39.5 Å². The molecular weight excluding hydrogens is 343 g/mol. The highest BCUT2D eigenvalue weighted by Crippen LogP contribution is 2.32. The van der Waals surface area contributed by atoms with Crippen LogP contribution in [-0.2, 0) is 4.79 Å². The predicted molar refractivity (Wildman–Crippen MR) is 80.9 cm³/mol. The molecule has 1 amide bonds. The molecule has 0 aliphatic rings. The summed E-state index contributed by atoms with van der Waals surface area (Å²) in [5, 5.41) is 13.1. The van der Waals surface area contributed by atoms with Crippen molar-refractivity contribution in [3.05, 3.63) is 34.4 Å². The number of non-ortho nitro benzene ring substituents is 1. The van der Waals surface area contributed by atoms with Crippen LogP contribution >= 0.6 is 34.8 Å². The zero-order valence-corrected chi connectivity index (χ0v) is 13.3. The quantitative estimate of drug-likeness (QED) is 0.366. The summed E-state index contributed by atoms with van der Waals surface area (Å²) in [5.41, 5.74) is -0.171. The van der Waals surface area contributed by atoms with Gasteiger partial charge in [0.05, 0.1) is 11.0 Å². The lowest BCUT2D eigenvalue weighted by molar-refractivity contribution is -0.384. The van der Waals surface area contributed by atoms with Gasteiger partial charge >= 0.3 is 0 Å². The van der Waals surface area contributed by atoms with Crippen LogP contribution in [0.5, 0.6) is 5.75 Å². The molecule has 1 N–H and O–H groups in total. The van der Waals surface area contributed by atoms with Gasteiger partial charge in [0.25, 0.3) is 5.69 Å². The lowest BCUT2D eigenvalue weighted by Crippen LogP contribution is -2.47. The van der Waals surface area contributed by atoms with Crippen LogP contribution in [0, 0.1) is 10.1 Å². The Morgan fingerprint density at radius 1 is 1.48 bits per heavy atom. The van der Waals surface area contributed by atoms with Gasteiger partial charge in [-0.2, -0.15) is 0 Å². The van der Waals surface area contributed by atoms with E-state index in [1.807, 2.05) is 6.92 Å².